The second kappa shape index (κ2) is 5.32. The van der Waals surface area contributed by atoms with Gasteiger partial charge in [0, 0.05) is 32.1 Å². The molecule has 4 nitrogen and oxygen atoms in total. The molecule has 0 atom stereocenters. The topological polar surface area (TPSA) is 47.6 Å². The molecule has 1 amide bonds. The summed E-state index contributed by atoms with van der Waals surface area (Å²) in [6, 6.07) is 0. The van der Waals surface area contributed by atoms with Crippen molar-refractivity contribution in [2.24, 2.45) is 5.41 Å². The number of hydrogen-bond donors (Lipinski definition) is 1. The fraction of sp³-hybridized carbons (Fsp3) is 0.900. The lowest BCUT2D eigenvalue weighted by Gasteiger charge is -2.38. The smallest absolute Gasteiger partial charge is 0.220 e. The number of methoxy groups -OCH3 is 1. The van der Waals surface area contributed by atoms with Gasteiger partial charge in [0.25, 0.3) is 0 Å². The Labute approximate surface area is 85.0 Å². The van der Waals surface area contributed by atoms with Gasteiger partial charge in [-0.1, -0.05) is 6.92 Å². The molecule has 14 heavy (non-hydrogen) atoms. The van der Waals surface area contributed by atoms with Crippen LogP contribution in [0.3, 0.4) is 0 Å². The highest BCUT2D eigenvalue weighted by Crippen LogP contribution is 2.24. The molecule has 1 heterocycles. The molecule has 82 valence electrons. The lowest BCUT2D eigenvalue weighted by atomic mass is 9.89. The van der Waals surface area contributed by atoms with Crippen molar-refractivity contribution < 1.29 is 14.3 Å². The van der Waals surface area contributed by atoms with Gasteiger partial charge in [-0.2, -0.15) is 0 Å². The van der Waals surface area contributed by atoms with E-state index in [9.17, 15) is 4.79 Å². The van der Waals surface area contributed by atoms with Crippen molar-refractivity contribution in [2.45, 2.75) is 19.8 Å². The zero-order chi connectivity index (χ0) is 10.4. The lowest BCUT2D eigenvalue weighted by molar-refractivity contribution is -0.127. The van der Waals surface area contributed by atoms with Gasteiger partial charge in [0.1, 0.15) is 0 Å². The highest BCUT2D eigenvalue weighted by atomic mass is 16.5. The van der Waals surface area contributed by atoms with E-state index in [1.54, 1.807) is 7.11 Å². The van der Waals surface area contributed by atoms with Crippen molar-refractivity contribution in [2.75, 3.05) is 33.5 Å². The van der Waals surface area contributed by atoms with Crippen LogP contribution in [0, 0.1) is 5.41 Å². The third-order valence-electron chi connectivity index (χ3n) is 2.37. The normalized spacial score (nSPS) is 18.7. The molecule has 4 heteroatoms. The summed E-state index contributed by atoms with van der Waals surface area (Å²) < 4.78 is 9.97. The first-order chi connectivity index (χ1) is 6.66. The number of hydrogen-bond acceptors (Lipinski definition) is 3. The highest BCUT2D eigenvalue weighted by Gasteiger charge is 2.33. The van der Waals surface area contributed by atoms with Crippen LogP contribution in [0.2, 0.25) is 0 Å². The maximum absolute atomic E-state index is 11.3. The van der Waals surface area contributed by atoms with Crippen molar-refractivity contribution >= 4 is 5.91 Å². The monoisotopic (exact) mass is 201 g/mol. The Morgan fingerprint density at radius 1 is 1.57 bits per heavy atom. The van der Waals surface area contributed by atoms with E-state index < -0.39 is 0 Å². The van der Waals surface area contributed by atoms with Crippen LogP contribution < -0.4 is 5.32 Å². The van der Waals surface area contributed by atoms with E-state index in [4.69, 9.17) is 9.47 Å². The molecule has 1 saturated heterocycles. The van der Waals surface area contributed by atoms with Crippen LogP contribution >= 0.6 is 0 Å². The quantitative estimate of drug-likeness (QED) is 0.639. The maximum Gasteiger partial charge on any atom is 0.220 e. The Morgan fingerprint density at radius 2 is 2.29 bits per heavy atom. The standard InChI is InChI=1S/C10H19NO3/c1-10(7-14-8-10)6-11-9(12)4-3-5-13-2/h3-8H2,1-2H3,(H,11,12). The fourth-order valence-electron chi connectivity index (χ4n) is 1.33. The van der Waals surface area contributed by atoms with Crippen molar-refractivity contribution in [1.82, 2.24) is 5.32 Å². The highest BCUT2D eigenvalue weighted by molar-refractivity contribution is 5.75. The molecule has 1 N–H and O–H groups in total. The van der Waals surface area contributed by atoms with Crippen LogP contribution in [0.1, 0.15) is 19.8 Å². The van der Waals surface area contributed by atoms with Crippen molar-refractivity contribution in [1.29, 1.82) is 0 Å². The van der Waals surface area contributed by atoms with Gasteiger partial charge in [0.2, 0.25) is 5.91 Å². The number of carbonyl (C=O) groups is 1. The third kappa shape index (κ3) is 3.64. The Morgan fingerprint density at radius 3 is 2.79 bits per heavy atom. The Bertz CT molecular complexity index is 190. The molecule has 0 radical (unpaired) electrons. The molecule has 1 aliphatic heterocycles. The van der Waals surface area contributed by atoms with Gasteiger partial charge in [0.05, 0.1) is 13.2 Å². The summed E-state index contributed by atoms with van der Waals surface area (Å²) in [6.07, 6.45) is 1.33. The molecule has 0 aromatic rings. The molecule has 0 bridgehead atoms. The number of nitrogens with one attached hydrogen (secondary N) is 1. The van der Waals surface area contributed by atoms with Gasteiger partial charge < -0.3 is 14.8 Å². The van der Waals surface area contributed by atoms with E-state index in [1.165, 1.54) is 0 Å². The van der Waals surface area contributed by atoms with E-state index in [1.807, 2.05) is 0 Å². The molecule has 0 aromatic carbocycles. The number of rotatable bonds is 6. The van der Waals surface area contributed by atoms with Crippen LogP contribution in [-0.4, -0.2) is 39.4 Å². The van der Waals surface area contributed by atoms with Gasteiger partial charge in [0.15, 0.2) is 0 Å². The van der Waals surface area contributed by atoms with E-state index in [2.05, 4.69) is 12.2 Å². The van der Waals surface area contributed by atoms with Gasteiger partial charge in [-0.25, -0.2) is 0 Å². The average molecular weight is 201 g/mol. The average Bonchev–Trinajstić information content (AvgIpc) is 2.12. The maximum atomic E-state index is 11.3. The molecule has 0 aromatic heterocycles. The van der Waals surface area contributed by atoms with Crippen LogP contribution in [0.15, 0.2) is 0 Å². The Hall–Kier alpha value is -0.610. The predicted molar refractivity (Wildman–Crippen MR) is 53.0 cm³/mol. The molecule has 0 saturated carbocycles. The summed E-state index contributed by atoms with van der Waals surface area (Å²) in [5, 5.41) is 2.91. The molecule has 0 spiro atoms. The lowest BCUT2D eigenvalue weighted by Crippen LogP contribution is -2.48. The molecular formula is C10H19NO3. The molecular weight excluding hydrogens is 182 g/mol. The summed E-state index contributed by atoms with van der Waals surface area (Å²) in [5.41, 5.74) is 0.164. The SMILES string of the molecule is COCCCC(=O)NCC1(C)COC1. The molecule has 0 aliphatic carbocycles. The van der Waals surface area contributed by atoms with Crippen LogP contribution in [0.25, 0.3) is 0 Å². The molecule has 0 unspecified atom stereocenters. The van der Waals surface area contributed by atoms with E-state index >= 15 is 0 Å². The van der Waals surface area contributed by atoms with Crippen molar-refractivity contribution in [3.05, 3.63) is 0 Å². The zero-order valence-corrected chi connectivity index (χ0v) is 8.97. The number of carbonyl (C=O) groups excluding carboxylic acids is 1. The van der Waals surface area contributed by atoms with Gasteiger partial charge in [-0.3, -0.25) is 4.79 Å². The number of amides is 1. The van der Waals surface area contributed by atoms with Crippen molar-refractivity contribution in [3.63, 3.8) is 0 Å². The van der Waals surface area contributed by atoms with Crippen LogP contribution in [0.5, 0.6) is 0 Å². The van der Waals surface area contributed by atoms with E-state index in [-0.39, 0.29) is 11.3 Å². The van der Waals surface area contributed by atoms with Crippen molar-refractivity contribution in [3.8, 4) is 0 Å². The molecule has 1 fully saturated rings. The first-order valence-electron chi connectivity index (χ1n) is 5.00. The van der Waals surface area contributed by atoms with E-state index in [0.717, 1.165) is 26.2 Å². The first-order valence-corrected chi connectivity index (χ1v) is 5.00. The minimum absolute atomic E-state index is 0.107. The van der Waals surface area contributed by atoms with Gasteiger partial charge in [-0.15, -0.1) is 0 Å². The summed E-state index contributed by atoms with van der Waals surface area (Å²) in [7, 11) is 1.64. The minimum atomic E-state index is 0.107. The summed E-state index contributed by atoms with van der Waals surface area (Å²) >= 11 is 0. The van der Waals surface area contributed by atoms with Gasteiger partial charge in [-0.05, 0) is 6.42 Å². The summed E-state index contributed by atoms with van der Waals surface area (Å²) in [5.74, 6) is 0.107. The van der Waals surface area contributed by atoms with E-state index in [0.29, 0.717) is 13.0 Å². The second-order valence-corrected chi connectivity index (χ2v) is 4.18. The van der Waals surface area contributed by atoms with Crippen LogP contribution in [-0.2, 0) is 14.3 Å². The molecule has 1 aliphatic rings. The summed E-state index contributed by atoms with van der Waals surface area (Å²) in [6.45, 7) is 5.00. The Balaban J connectivity index is 2.03. The van der Waals surface area contributed by atoms with Gasteiger partial charge >= 0.3 is 0 Å². The molecule has 1 rings (SSSR count). The minimum Gasteiger partial charge on any atom is -0.385 e. The largest absolute Gasteiger partial charge is 0.385 e. The summed E-state index contributed by atoms with van der Waals surface area (Å²) in [4.78, 5) is 11.3. The predicted octanol–water partition coefficient (Wildman–Crippen LogP) is 0.566. The second-order valence-electron chi connectivity index (χ2n) is 4.18. The third-order valence-corrected chi connectivity index (χ3v) is 2.37. The Kier molecular flexibility index (Phi) is 4.35. The zero-order valence-electron chi connectivity index (χ0n) is 8.97. The number of ether oxygens (including phenoxy) is 2. The first kappa shape index (κ1) is 11.5. The fourth-order valence-corrected chi connectivity index (χ4v) is 1.33. The van der Waals surface area contributed by atoms with Crippen LogP contribution in [0.4, 0.5) is 0 Å².